The van der Waals surface area contributed by atoms with Crippen molar-refractivity contribution in [2.24, 2.45) is 0 Å². The van der Waals surface area contributed by atoms with E-state index in [9.17, 15) is 4.79 Å². The van der Waals surface area contributed by atoms with E-state index < -0.39 is 0 Å². The zero-order valence-corrected chi connectivity index (χ0v) is 8.40. The topological polar surface area (TPSA) is 20.3 Å². The van der Waals surface area contributed by atoms with Crippen LogP contribution in [0.3, 0.4) is 0 Å². The highest BCUT2D eigenvalue weighted by Crippen LogP contribution is 2.28. The number of fused-ring (bicyclic) bond motifs is 1. The Morgan fingerprint density at radius 3 is 2.93 bits per heavy atom. The summed E-state index contributed by atoms with van der Waals surface area (Å²) < 4.78 is 0. The molecule has 2 nitrogen and oxygen atoms in total. The Bertz CT molecular complexity index is 385. The van der Waals surface area contributed by atoms with Crippen LogP contribution in [0.2, 0.25) is 0 Å². The van der Waals surface area contributed by atoms with Gasteiger partial charge in [0.05, 0.1) is 11.7 Å². The molecule has 1 unspecified atom stereocenters. The molecule has 0 amide bonds. The van der Waals surface area contributed by atoms with Gasteiger partial charge in [-0.15, -0.1) is 0 Å². The molecule has 1 aliphatic carbocycles. The Morgan fingerprint density at radius 1 is 1.43 bits per heavy atom. The maximum atomic E-state index is 10.8. The number of allylic oxidation sites excluding steroid dienone is 5. The largest absolute Gasteiger partial charge is 0.361 e. The lowest BCUT2D eigenvalue weighted by atomic mass is 9.92. The normalized spacial score (nSPS) is 24.9. The van der Waals surface area contributed by atoms with E-state index in [-0.39, 0.29) is 6.04 Å². The smallest absolute Gasteiger partial charge is 0.166 e. The Labute approximate surface area is 83.9 Å². The molecule has 2 heteroatoms. The van der Waals surface area contributed by atoms with Crippen LogP contribution in [0, 0.1) is 0 Å². The third-order valence-electron chi connectivity index (χ3n) is 2.76. The van der Waals surface area contributed by atoms with Gasteiger partial charge < -0.3 is 4.90 Å². The highest BCUT2D eigenvalue weighted by Gasteiger charge is 2.23. The molecule has 0 aromatic rings. The number of carbonyl (C=O) groups excluding carboxylic acids is 1. The monoisotopic (exact) mass is 187 g/mol. The van der Waals surface area contributed by atoms with E-state index in [1.54, 1.807) is 0 Å². The molecule has 1 atom stereocenters. The summed E-state index contributed by atoms with van der Waals surface area (Å²) >= 11 is 0. The van der Waals surface area contributed by atoms with Crippen LogP contribution in [-0.4, -0.2) is 24.3 Å². The molecule has 1 heterocycles. The van der Waals surface area contributed by atoms with Gasteiger partial charge in [0.2, 0.25) is 0 Å². The molecule has 72 valence electrons. The van der Waals surface area contributed by atoms with Crippen molar-refractivity contribution in [1.82, 2.24) is 4.90 Å². The Morgan fingerprint density at radius 2 is 2.21 bits per heavy atom. The fourth-order valence-corrected chi connectivity index (χ4v) is 1.92. The van der Waals surface area contributed by atoms with E-state index in [1.165, 1.54) is 11.1 Å². The molecule has 0 aromatic carbocycles. The summed E-state index contributed by atoms with van der Waals surface area (Å²) in [5.74, 6) is 0. The van der Waals surface area contributed by atoms with E-state index in [4.69, 9.17) is 0 Å². The quantitative estimate of drug-likeness (QED) is 0.584. The molecule has 14 heavy (non-hydrogen) atoms. The molecule has 0 saturated carbocycles. The second-order valence-electron chi connectivity index (χ2n) is 3.63. The Balaban J connectivity index is 2.49. The Kier molecular flexibility index (Phi) is 2.12. The first-order chi connectivity index (χ1) is 6.74. The maximum Gasteiger partial charge on any atom is 0.166 e. The predicted octanol–water partition coefficient (Wildman–Crippen LogP) is 1.83. The molecule has 0 saturated heterocycles. The van der Waals surface area contributed by atoms with Gasteiger partial charge in [-0.1, -0.05) is 24.3 Å². The number of hydrogen-bond donors (Lipinski definition) is 0. The van der Waals surface area contributed by atoms with E-state index in [1.807, 2.05) is 37.1 Å². The molecule has 0 aromatic heterocycles. The standard InChI is InChI=1S/C12H13NO/c1-9-7-10(8-14)13(2)12-6-4-3-5-11(9)12/h3-8,12H,1-2H3. The molecule has 0 N–H and O–H groups in total. The van der Waals surface area contributed by atoms with E-state index in [0.29, 0.717) is 0 Å². The van der Waals surface area contributed by atoms with Crippen molar-refractivity contribution in [2.75, 3.05) is 7.05 Å². The molecule has 0 fully saturated rings. The number of aldehydes is 1. The first-order valence-electron chi connectivity index (χ1n) is 4.69. The molecular formula is C12H13NO. The fourth-order valence-electron chi connectivity index (χ4n) is 1.92. The number of rotatable bonds is 1. The second-order valence-corrected chi connectivity index (χ2v) is 3.63. The van der Waals surface area contributed by atoms with Gasteiger partial charge in [-0.2, -0.15) is 0 Å². The summed E-state index contributed by atoms with van der Waals surface area (Å²) in [4.78, 5) is 12.8. The van der Waals surface area contributed by atoms with Gasteiger partial charge in [0.15, 0.2) is 6.29 Å². The van der Waals surface area contributed by atoms with Gasteiger partial charge in [0, 0.05) is 7.05 Å². The SMILES string of the molecule is CC1=C2C=CC=CC2N(C)C(C=O)=C1. The molecule has 1 aliphatic heterocycles. The van der Waals surface area contributed by atoms with Gasteiger partial charge in [-0.25, -0.2) is 0 Å². The predicted molar refractivity (Wildman–Crippen MR) is 56.7 cm³/mol. The third-order valence-corrected chi connectivity index (χ3v) is 2.76. The maximum absolute atomic E-state index is 10.8. The van der Waals surface area contributed by atoms with Crippen molar-refractivity contribution in [3.05, 3.63) is 47.2 Å². The van der Waals surface area contributed by atoms with Crippen LogP contribution < -0.4 is 0 Å². The number of nitrogens with zero attached hydrogens (tertiary/aromatic N) is 1. The van der Waals surface area contributed by atoms with Crippen LogP contribution in [0.25, 0.3) is 0 Å². The van der Waals surface area contributed by atoms with Crippen LogP contribution in [0.15, 0.2) is 47.2 Å². The van der Waals surface area contributed by atoms with E-state index in [2.05, 4.69) is 12.2 Å². The van der Waals surface area contributed by atoms with Crippen molar-refractivity contribution in [3.63, 3.8) is 0 Å². The fraction of sp³-hybridized carbons (Fsp3) is 0.250. The van der Waals surface area contributed by atoms with Crippen molar-refractivity contribution < 1.29 is 4.79 Å². The second kappa shape index (κ2) is 3.29. The molecule has 0 radical (unpaired) electrons. The number of hydrogen-bond acceptors (Lipinski definition) is 2. The van der Waals surface area contributed by atoms with E-state index in [0.717, 1.165) is 12.0 Å². The lowest BCUT2D eigenvalue weighted by Gasteiger charge is -2.34. The minimum Gasteiger partial charge on any atom is -0.361 e. The molecule has 0 bridgehead atoms. The van der Waals surface area contributed by atoms with Crippen LogP contribution in [0.4, 0.5) is 0 Å². The zero-order valence-electron chi connectivity index (χ0n) is 8.40. The summed E-state index contributed by atoms with van der Waals surface area (Å²) in [7, 11) is 1.95. The average molecular weight is 187 g/mol. The van der Waals surface area contributed by atoms with Crippen LogP contribution in [0.1, 0.15) is 6.92 Å². The number of likely N-dealkylation sites (N-methyl/N-ethyl adjacent to an activating group) is 1. The summed E-state index contributed by atoms with van der Waals surface area (Å²) in [5, 5.41) is 0. The first-order valence-corrected chi connectivity index (χ1v) is 4.69. The van der Waals surface area contributed by atoms with Crippen LogP contribution in [-0.2, 0) is 4.79 Å². The van der Waals surface area contributed by atoms with E-state index >= 15 is 0 Å². The summed E-state index contributed by atoms with van der Waals surface area (Å²) in [6.45, 7) is 2.04. The molecule has 2 rings (SSSR count). The van der Waals surface area contributed by atoms with Gasteiger partial charge in [0.25, 0.3) is 0 Å². The first kappa shape index (κ1) is 9.00. The third kappa shape index (κ3) is 1.23. The zero-order chi connectivity index (χ0) is 10.1. The minimum absolute atomic E-state index is 0.227. The molecule has 2 aliphatic rings. The van der Waals surface area contributed by atoms with Crippen molar-refractivity contribution in [3.8, 4) is 0 Å². The van der Waals surface area contributed by atoms with Crippen LogP contribution in [0.5, 0.6) is 0 Å². The van der Waals surface area contributed by atoms with Crippen molar-refractivity contribution >= 4 is 6.29 Å². The van der Waals surface area contributed by atoms with Gasteiger partial charge in [0.1, 0.15) is 0 Å². The lowest BCUT2D eigenvalue weighted by molar-refractivity contribution is -0.106. The summed E-state index contributed by atoms with van der Waals surface area (Å²) in [6, 6.07) is 0.227. The van der Waals surface area contributed by atoms with Crippen molar-refractivity contribution in [2.45, 2.75) is 13.0 Å². The molecular weight excluding hydrogens is 174 g/mol. The average Bonchev–Trinajstić information content (AvgIpc) is 2.23. The van der Waals surface area contributed by atoms with Gasteiger partial charge in [-0.05, 0) is 24.1 Å². The lowest BCUT2D eigenvalue weighted by Crippen LogP contribution is -2.35. The highest BCUT2D eigenvalue weighted by molar-refractivity contribution is 5.75. The minimum atomic E-state index is 0.227. The molecule has 0 spiro atoms. The van der Waals surface area contributed by atoms with Crippen molar-refractivity contribution in [1.29, 1.82) is 0 Å². The van der Waals surface area contributed by atoms with Crippen LogP contribution >= 0.6 is 0 Å². The number of carbonyl (C=O) groups is 1. The summed E-state index contributed by atoms with van der Waals surface area (Å²) in [5.41, 5.74) is 3.20. The highest BCUT2D eigenvalue weighted by atomic mass is 16.1. The van der Waals surface area contributed by atoms with Gasteiger partial charge >= 0.3 is 0 Å². The van der Waals surface area contributed by atoms with Gasteiger partial charge in [-0.3, -0.25) is 4.79 Å². The summed E-state index contributed by atoms with van der Waals surface area (Å²) in [6.07, 6.45) is 11.1. The Hall–Kier alpha value is -1.57.